The molecule has 1 aliphatic heterocycles. The summed E-state index contributed by atoms with van der Waals surface area (Å²) in [5, 5.41) is 3.88. The highest BCUT2D eigenvalue weighted by molar-refractivity contribution is 6.30. The minimum atomic E-state index is 0.133. The Morgan fingerprint density at radius 2 is 1.89 bits per heavy atom. The van der Waals surface area contributed by atoms with E-state index in [1.54, 1.807) is 0 Å². The van der Waals surface area contributed by atoms with Gasteiger partial charge in [-0.2, -0.15) is 0 Å². The molecule has 1 amide bonds. The van der Waals surface area contributed by atoms with Crippen molar-refractivity contribution in [1.82, 2.24) is 15.2 Å². The van der Waals surface area contributed by atoms with Crippen molar-refractivity contribution in [2.24, 2.45) is 0 Å². The molecule has 0 aliphatic carbocycles. The van der Waals surface area contributed by atoms with Crippen molar-refractivity contribution in [3.8, 4) is 0 Å². The van der Waals surface area contributed by atoms with E-state index in [0.717, 1.165) is 56.4 Å². The molecule has 5 nitrogen and oxygen atoms in total. The molecule has 1 fully saturated rings. The largest absolute Gasteiger partial charge is 0.354 e. The summed E-state index contributed by atoms with van der Waals surface area (Å²) < 4.78 is 0. The van der Waals surface area contributed by atoms with Gasteiger partial charge in [0, 0.05) is 56.4 Å². The summed E-state index contributed by atoms with van der Waals surface area (Å²) >= 11 is 5.90. The minimum absolute atomic E-state index is 0.133. The topological polar surface area (TPSA) is 48.5 Å². The first-order valence-corrected chi connectivity index (χ1v) is 10.4. The van der Waals surface area contributed by atoms with E-state index in [4.69, 9.17) is 11.6 Å². The van der Waals surface area contributed by atoms with Gasteiger partial charge in [0.2, 0.25) is 5.91 Å². The molecule has 1 N–H and O–H groups in total. The maximum absolute atomic E-state index is 12.2. The van der Waals surface area contributed by atoms with Crippen LogP contribution in [0.4, 0.5) is 5.82 Å². The summed E-state index contributed by atoms with van der Waals surface area (Å²) in [4.78, 5) is 21.4. The lowest BCUT2D eigenvalue weighted by Gasteiger charge is -2.36. The third kappa shape index (κ3) is 6.50. The number of benzene rings is 1. The van der Waals surface area contributed by atoms with E-state index in [1.807, 2.05) is 42.6 Å². The quantitative estimate of drug-likeness (QED) is 0.737. The average molecular weight is 401 g/mol. The minimum Gasteiger partial charge on any atom is -0.354 e. The molecule has 1 aromatic heterocycles. The molecule has 6 heteroatoms. The molecule has 1 aliphatic rings. The zero-order valence-corrected chi connectivity index (χ0v) is 17.2. The van der Waals surface area contributed by atoms with Gasteiger partial charge >= 0.3 is 0 Å². The molecule has 2 heterocycles. The predicted molar refractivity (Wildman–Crippen MR) is 115 cm³/mol. The fourth-order valence-corrected chi connectivity index (χ4v) is 3.71. The summed E-state index contributed by atoms with van der Waals surface area (Å²) in [5.74, 6) is 1.18. The second-order valence-electron chi connectivity index (χ2n) is 7.42. The van der Waals surface area contributed by atoms with Crippen molar-refractivity contribution < 1.29 is 4.79 Å². The normalized spacial score (nSPS) is 16.0. The first kappa shape index (κ1) is 20.6. The lowest BCUT2D eigenvalue weighted by Crippen LogP contribution is -2.51. The third-order valence-electron chi connectivity index (χ3n) is 5.07. The van der Waals surface area contributed by atoms with E-state index in [1.165, 1.54) is 5.56 Å². The van der Waals surface area contributed by atoms with E-state index in [0.29, 0.717) is 6.42 Å². The highest BCUT2D eigenvalue weighted by atomic mass is 35.5. The molecule has 0 spiro atoms. The Morgan fingerprint density at radius 1 is 1.14 bits per heavy atom. The van der Waals surface area contributed by atoms with Crippen molar-refractivity contribution in [2.75, 3.05) is 37.6 Å². The van der Waals surface area contributed by atoms with Crippen LogP contribution in [0.3, 0.4) is 0 Å². The van der Waals surface area contributed by atoms with Crippen LogP contribution in [0.15, 0.2) is 48.7 Å². The Labute approximate surface area is 172 Å². The zero-order chi connectivity index (χ0) is 19.8. The van der Waals surface area contributed by atoms with Gasteiger partial charge in [-0.05, 0) is 49.6 Å². The van der Waals surface area contributed by atoms with Crippen LogP contribution < -0.4 is 10.2 Å². The maximum atomic E-state index is 12.2. The van der Waals surface area contributed by atoms with E-state index in [9.17, 15) is 4.79 Å². The van der Waals surface area contributed by atoms with Crippen LogP contribution in [0.5, 0.6) is 0 Å². The van der Waals surface area contributed by atoms with Gasteiger partial charge in [-0.15, -0.1) is 0 Å². The average Bonchev–Trinajstić information content (AvgIpc) is 2.70. The van der Waals surface area contributed by atoms with Crippen LogP contribution in [0.1, 0.15) is 25.3 Å². The number of anilines is 1. The van der Waals surface area contributed by atoms with Crippen molar-refractivity contribution >= 4 is 23.3 Å². The highest BCUT2D eigenvalue weighted by Crippen LogP contribution is 2.13. The number of carbonyl (C=O) groups is 1. The molecule has 150 valence electrons. The van der Waals surface area contributed by atoms with Gasteiger partial charge in [0.15, 0.2) is 0 Å². The summed E-state index contributed by atoms with van der Waals surface area (Å²) in [6.07, 6.45) is 4.14. The second kappa shape index (κ2) is 10.4. The summed E-state index contributed by atoms with van der Waals surface area (Å²) in [6.45, 7) is 6.90. The van der Waals surface area contributed by atoms with Crippen molar-refractivity contribution in [3.63, 3.8) is 0 Å². The molecule has 1 saturated heterocycles. The van der Waals surface area contributed by atoms with Crippen LogP contribution in [-0.2, 0) is 11.2 Å². The number of pyridine rings is 1. The van der Waals surface area contributed by atoms with Gasteiger partial charge in [0.1, 0.15) is 5.82 Å². The lowest BCUT2D eigenvalue weighted by molar-refractivity contribution is -0.121. The summed E-state index contributed by atoms with van der Waals surface area (Å²) in [7, 11) is 0. The zero-order valence-electron chi connectivity index (χ0n) is 16.5. The van der Waals surface area contributed by atoms with Gasteiger partial charge in [-0.25, -0.2) is 4.98 Å². The van der Waals surface area contributed by atoms with Gasteiger partial charge in [-0.1, -0.05) is 29.8 Å². The first-order chi connectivity index (χ1) is 13.6. The monoisotopic (exact) mass is 400 g/mol. The number of rotatable bonds is 8. The molecule has 0 saturated carbocycles. The Morgan fingerprint density at radius 3 is 2.57 bits per heavy atom. The van der Waals surface area contributed by atoms with Crippen LogP contribution in [0.25, 0.3) is 0 Å². The maximum Gasteiger partial charge on any atom is 0.220 e. The molecule has 0 radical (unpaired) electrons. The Kier molecular flexibility index (Phi) is 7.69. The molecule has 1 unspecified atom stereocenters. The molecule has 3 rings (SSSR count). The number of aromatic nitrogens is 1. The number of hydrogen-bond donors (Lipinski definition) is 1. The van der Waals surface area contributed by atoms with E-state index >= 15 is 0 Å². The lowest BCUT2D eigenvalue weighted by atomic mass is 10.1. The van der Waals surface area contributed by atoms with Crippen LogP contribution in [-0.4, -0.2) is 54.6 Å². The number of halogens is 1. The van der Waals surface area contributed by atoms with E-state index < -0.39 is 0 Å². The van der Waals surface area contributed by atoms with Gasteiger partial charge in [-0.3, -0.25) is 9.69 Å². The molecule has 0 bridgehead atoms. The molecular weight excluding hydrogens is 372 g/mol. The van der Waals surface area contributed by atoms with Crippen LogP contribution in [0.2, 0.25) is 5.02 Å². The molecule has 2 aromatic rings. The number of nitrogens with one attached hydrogen (secondary N) is 1. The SMILES string of the molecule is CC(CN1CCN(c2ccccn2)CC1)NC(=O)CCCc1ccc(Cl)cc1. The molecule has 28 heavy (non-hydrogen) atoms. The molecule has 1 atom stereocenters. The van der Waals surface area contributed by atoms with Crippen molar-refractivity contribution in [3.05, 3.63) is 59.2 Å². The van der Waals surface area contributed by atoms with Crippen molar-refractivity contribution in [1.29, 1.82) is 0 Å². The second-order valence-corrected chi connectivity index (χ2v) is 7.86. The Hall–Kier alpha value is -2.11. The first-order valence-electron chi connectivity index (χ1n) is 10.0. The predicted octanol–water partition coefficient (Wildman–Crippen LogP) is 3.38. The Bertz CT molecular complexity index is 730. The highest BCUT2D eigenvalue weighted by Gasteiger charge is 2.19. The van der Waals surface area contributed by atoms with Gasteiger partial charge in [0.05, 0.1) is 0 Å². The van der Waals surface area contributed by atoms with Crippen LogP contribution >= 0.6 is 11.6 Å². The summed E-state index contributed by atoms with van der Waals surface area (Å²) in [5.41, 5.74) is 1.22. The number of aryl methyl sites for hydroxylation is 1. The standard InChI is InChI=1S/C22H29ClN4O/c1-18(25-22(28)7-4-5-19-8-10-20(23)11-9-19)17-26-13-15-27(16-14-26)21-6-2-3-12-24-21/h2-3,6,8-12,18H,4-5,7,13-17H2,1H3,(H,25,28). The number of nitrogens with zero attached hydrogens (tertiary/aromatic N) is 3. The van der Waals surface area contributed by atoms with Gasteiger partial charge < -0.3 is 10.2 Å². The smallest absolute Gasteiger partial charge is 0.220 e. The number of carbonyl (C=O) groups excluding carboxylic acids is 1. The number of piperazine rings is 1. The van der Waals surface area contributed by atoms with E-state index in [2.05, 4.69) is 33.1 Å². The van der Waals surface area contributed by atoms with Crippen molar-refractivity contribution in [2.45, 2.75) is 32.2 Å². The molecule has 1 aromatic carbocycles. The molecular formula is C22H29ClN4O. The van der Waals surface area contributed by atoms with Gasteiger partial charge in [0.25, 0.3) is 0 Å². The fourth-order valence-electron chi connectivity index (χ4n) is 3.58. The summed E-state index contributed by atoms with van der Waals surface area (Å²) in [6, 6.07) is 14.0. The van der Waals surface area contributed by atoms with E-state index in [-0.39, 0.29) is 11.9 Å². The number of amides is 1. The Balaban J connectivity index is 1.32. The third-order valence-corrected chi connectivity index (χ3v) is 5.32. The van der Waals surface area contributed by atoms with Crippen LogP contribution in [0, 0.1) is 0 Å². The number of hydrogen-bond acceptors (Lipinski definition) is 4. The fraction of sp³-hybridized carbons (Fsp3) is 0.455.